The molecule has 2 aromatic heterocycles. The molecule has 7 heteroatoms. The van der Waals surface area contributed by atoms with E-state index in [9.17, 15) is 4.79 Å². The van der Waals surface area contributed by atoms with Gasteiger partial charge in [-0.1, -0.05) is 19.1 Å². The molecule has 2 aliphatic rings. The van der Waals surface area contributed by atoms with Crippen LogP contribution in [-0.4, -0.2) is 58.2 Å². The standard InChI is InChI=1S/C25H31N5O2/c1-17-26-13-22(29(17)3)19-4-5-20-12-27-23(11-21(20)10-19)28-24(31)18-6-8-30(9-7-18)14-25(2)15-32-16-25/h4-5,10-13,18H,6-9,14-16H2,1-3H3,(H,27,28,31). The predicted octanol–water partition coefficient (Wildman–Crippen LogP) is 3.63. The molecule has 0 spiro atoms. The van der Waals surface area contributed by atoms with E-state index in [0.717, 1.165) is 73.5 Å². The van der Waals surface area contributed by atoms with Gasteiger partial charge in [-0.25, -0.2) is 9.97 Å². The average Bonchev–Trinajstić information content (AvgIpc) is 3.11. The Balaban J connectivity index is 1.25. The van der Waals surface area contributed by atoms with Gasteiger partial charge >= 0.3 is 0 Å². The van der Waals surface area contributed by atoms with Crippen molar-refractivity contribution in [1.29, 1.82) is 0 Å². The van der Waals surface area contributed by atoms with E-state index in [1.54, 1.807) is 0 Å². The minimum atomic E-state index is 0.0398. The number of nitrogens with one attached hydrogen (secondary N) is 1. The lowest BCUT2D eigenvalue weighted by Gasteiger charge is -2.43. The van der Waals surface area contributed by atoms with E-state index in [0.29, 0.717) is 5.82 Å². The zero-order valence-electron chi connectivity index (χ0n) is 19.1. The van der Waals surface area contributed by atoms with Crippen molar-refractivity contribution < 1.29 is 9.53 Å². The molecule has 0 unspecified atom stereocenters. The zero-order valence-corrected chi connectivity index (χ0v) is 19.1. The van der Waals surface area contributed by atoms with Crippen molar-refractivity contribution in [3.63, 3.8) is 0 Å². The summed E-state index contributed by atoms with van der Waals surface area (Å²) in [5.41, 5.74) is 2.46. The molecule has 0 aliphatic carbocycles. The van der Waals surface area contributed by atoms with Gasteiger partial charge < -0.3 is 19.5 Å². The summed E-state index contributed by atoms with van der Waals surface area (Å²) in [6.07, 6.45) is 5.50. The molecule has 2 fully saturated rings. The monoisotopic (exact) mass is 433 g/mol. The molecule has 5 rings (SSSR count). The highest BCUT2D eigenvalue weighted by atomic mass is 16.5. The first kappa shape index (κ1) is 21.1. The molecule has 0 atom stereocenters. The van der Waals surface area contributed by atoms with Crippen LogP contribution >= 0.6 is 0 Å². The average molecular weight is 434 g/mol. The van der Waals surface area contributed by atoms with Crippen LogP contribution in [0.15, 0.2) is 36.7 Å². The van der Waals surface area contributed by atoms with Crippen molar-refractivity contribution in [2.45, 2.75) is 26.7 Å². The summed E-state index contributed by atoms with van der Waals surface area (Å²) in [5, 5.41) is 5.16. The predicted molar refractivity (Wildman–Crippen MR) is 125 cm³/mol. The summed E-state index contributed by atoms with van der Waals surface area (Å²) >= 11 is 0. The number of benzene rings is 1. The van der Waals surface area contributed by atoms with E-state index in [2.05, 4.69) is 49.9 Å². The van der Waals surface area contributed by atoms with Crippen molar-refractivity contribution in [2.24, 2.45) is 18.4 Å². The molecular formula is C25H31N5O2. The maximum atomic E-state index is 12.9. The number of anilines is 1. The summed E-state index contributed by atoms with van der Waals surface area (Å²) in [6, 6.07) is 8.25. The number of carbonyl (C=O) groups is 1. The van der Waals surface area contributed by atoms with Crippen LogP contribution in [0, 0.1) is 18.3 Å². The van der Waals surface area contributed by atoms with Gasteiger partial charge in [0.05, 0.1) is 25.1 Å². The first-order chi connectivity index (χ1) is 15.4. The molecule has 7 nitrogen and oxygen atoms in total. The van der Waals surface area contributed by atoms with Gasteiger partial charge in [-0.15, -0.1) is 0 Å². The number of fused-ring (bicyclic) bond motifs is 1. The van der Waals surface area contributed by atoms with Crippen molar-refractivity contribution in [3.05, 3.63) is 42.5 Å². The number of ether oxygens (including phenoxy) is 1. The van der Waals surface area contributed by atoms with E-state index in [1.807, 2.05) is 32.4 Å². The van der Waals surface area contributed by atoms with Gasteiger partial charge in [0, 0.05) is 42.1 Å². The Bertz CT molecular complexity index is 1140. The van der Waals surface area contributed by atoms with E-state index >= 15 is 0 Å². The molecular weight excluding hydrogens is 402 g/mol. The third kappa shape index (κ3) is 4.14. The van der Waals surface area contributed by atoms with Gasteiger partial charge in [0.15, 0.2) is 0 Å². The van der Waals surface area contributed by atoms with Crippen molar-refractivity contribution in [2.75, 3.05) is 38.2 Å². The molecule has 0 radical (unpaired) electrons. The quantitative estimate of drug-likeness (QED) is 0.665. The fourth-order valence-corrected chi connectivity index (χ4v) is 4.80. The number of hydrogen-bond acceptors (Lipinski definition) is 5. The smallest absolute Gasteiger partial charge is 0.228 e. The zero-order chi connectivity index (χ0) is 22.3. The topological polar surface area (TPSA) is 72.3 Å². The van der Waals surface area contributed by atoms with Gasteiger partial charge in [0.25, 0.3) is 0 Å². The largest absolute Gasteiger partial charge is 0.380 e. The van der Waals surface area contributed by atoms with Crippen LogP contribution in [0.5, 0.6) is 0 Å². The van der Waals surface area contributed by atoms with Gasteiger partial charge in [0.1, 0.15) is 11.6 Å². The van der Waals surface area contributed by atoms with Crippen molar-refractivity contribution in [1.82, 2.24) is 19.4 Å². The molecule has 1 amide bonds. The third-order valence-electron chi connectivity index (χ3n) is 6.95. The maximum absolute atomic E-state index is 12.9. The van der Waals surface area contributed by atoms with Crippen LogP contribution < -0.4 is 5.32 Å². The Morgan fingerprint density at radius 2 is 1.94 bits per heavy atom. The van der Waals surface area contributed by atoms with Crippen LogP contribution in [0.3, 0.4) is 0 Å². The highest BCUT2D eigenvalue weighted by molar-refractivity contribution is 5.95. The highest BCUT2D eigenvalue weighted by Crippen LogP contribution is 2.30. The number of aromatic nitrogens is 3. The highest BCUT2D eigenvalue weighted by Gasteiger charge is 2.36. The van der Waals surface area contributed by atoms with Crippen LogP contribution in [0.4, 0.5) is 5.82 Å². The number of nitrogens with zero attached hydrogens (tertiary/aromatic N) is 4. The SMILES string of the molecule is Cc1ncc(-c2ccc3cnc(NC(=O)C4CCN(CC5(C)COC5)CC4)cc3c2)n1C. The second-order valence-corrected chi connectivity index (χ2v) is 9.72. The molecule has 2 aliphatic heterocycles. The third-order valence-corrected chi connectivity index (χ3v) is 6.95. The Labute approximate surface area is 188 Å². The fourth-order valence-electron chi connectivity index (χ4n) is 4.80. The van der Waals surface area contributed by atoms with Crippen LogP contribution in [-0.2, 0) is 16.6 Å². The second kappa shape index (κ2) is 8.30. The number of rotatable bonds is 5. The molecule has 1 N–H and O–H groups in total. The van der Waals surface area contributed by atoms with Gasteiger partial charge in [-0.05, 0) is 50.4 Å². The fraction of sp³-hybridized carbons (Fsp3) is 0.480. The van der Waals surface area contributed by atoms with Crippen LogP contribution in [0.2, 0.25) is 0 Å². The Morgan fingerprint density at radius 1 is 1.16 bits per heavy atom. The number of amides is 1. The van der Waals surface area contributed by atoms with Gasteiger partial charge in [0.2, 0.25) is 5.91 Å². The normalized spacial score (nSPS) is 19.1. The van der Waals surface area contributed by atoms with E-state index in [4.69, 9.17) is 4.74 Å². The molecule has 168 valence electrons. The molecule has 4 heterocycles. The molecule has 2 saturated heterocycles. The molecule has 0 saturated carbocycles. The lowest BCUT2D eigenvalue weighted by atomic mass is 9.86. The summed E-state index contributed by atoms with van der Waals surface area (Å²) < 4.78 is 7.45. The molecule has 32 heavy (non-hydrogen) atoms. The van der Waals surface area contributed by atoms with Crippen LogP contribution in [0.25, 0.3) is 22.0 Å². The number of likely N-dealkylation sites (tertiary alicyclic amines) is 1. The van der Waals surface area contributed by atoms with Gasteiger partial charge in [-0.2, -0.15) is 0 Å². The number of carbonyl (C=O) groups excluding carboxylic acids is 1. The molecule has 0 bridgehead atoms. The van der Waals surface area contributed by atoms with Crippen molar-refractivity contribution in [3.8, 4) is 11.3 Å². The first-order valence-electron chi connectivity index (χ1n) is 11.4. The first-order valence-corrected chi connectivity index (χ1v) is 11.4. The number of piperidine rings is 1. The lowest BCUT2D eigenvalue weighted by molar-refractivity contribution is -0.125. The number of aryl methyl sites for hydroxylation is 1. The Hall–Kier alpha value is -2.77. The Kier molecular flexibility index (Phi) is 5.47. The number of pyridine rings is 1. The summed E-state index contributed by atoms with van der Waals surface area (Å²) in [7, 11) is 2.02. The minimum absolute atomic E-state index is 0.0398. The Morgan fingerprint density at radius 3 is 2.59 bits per heavy atom. The van der Waals surface area contributed by atoms with E-state index in [1.165, 1.54) is 0 Å². The van der Waals surface area contributed by atoms with Crippen LogP contribution in [0.1, 0.15) is 25.6 Å². The molecule has 3 aromatic rings. The summed E-state index contributed by atoms with van der Waals surface area (Å²) in [4.78, 5) is 24.2. The summed E-state index contributed by atoms with van der Waals surface area (Å²) in [6.45, 7) is 8.97. The number of hydrogen-bond donors (Lipinski definition) is 1. The number of imidazole rings is 1. The minimum Gasteiger partial charge on any atom is -0.380 e. The summed E-state index contributed by atoms with van der Waals surface area (Å²) in [5.74, 6) is 1.71. The van der Waals surface area contributed by atoms with Crippen molar-refractivity contribution >= 4 is 22.5 Å². The van der Waals surface area contributed by atoms with E-state index in [-0.39, 0.29) is 17.2 Å². The molecule has 1 aromatic carbocycles. The van der Waals surface area contributed by atoms with Gasteiger partial charge in [-0.3, -0.25) is 4.79 Å². The van der Waals surface area contributed by atoms with E-state index < -0.39 is 0 Å². The lowest BCUT2D eigenvalue weighted by Crippen LogP contribution is -2.51. The maximum Gasteiger partial charge on any atom is 0.228 e. The second-order valence-electron chi connectivity index (χ2n) is 9.72.